The van der Waals surface area contributed by atoms with Gasteiger partial charge in [-0.2, -0.15) is 0 Å². The van der Waals surface area contributed by atoms with Crippen LogP contribution in [0.15, 0.2) is 12.1 Å². The van der Waals surface area contributed by atoms with E-state index in [1.807, 2.05) is 0 Å². The van der Waals surface area contributed by atoms with Crippen molar-refractivity contribution in [2.75, 3.05) is 6.54 Å². The summed E-state index contributed by atoms with van der Waals surface area (Å²) in [4.78, 5) is 24.9. The number of fused-ring (bicyclic) bond motifs is 1. The number of aliphatic hydroxyl groups excluding tert-OH is 1. The van der Waals surface area contributed by atoms with E-state index in [9.17, 15) is 18.4 Å². The van der Waals surface area contributed by atoms with E-state index in [0.29, 0.717) is 16.0 Å². The lowest BCUT2D eigenvalue weighted by Gasteiger charge is -2.17. The smallest absolute Gasteiger partial charge is 0.265 e. The monoisotopic (exact) mass is 269 g/mol. The van der Waals surface area contributed by atoms with Crippen molar-refractivity contribution in [1.29, 1.82) is 0 Å². The highest BCUT2D eigenvalue weighted by Gasteiger charge is 2.39. The van der Waals surface area contributed by atoms with Crippen LogP contribution in [-0.4, -0.2) is 40.9 Å². The Balaban J connectivity index is 2.40. The van der Waals surface area contributed by atoms with E-state index in [1.165, 1.54) is 0 Å². The maximum atomic E-state index is 12.3. The second-order valence-electron chi connectivity index (χ2n) is 4.57. The molecule has 1 unspecified atom stereocenters. The van der Waals surface area contributed by atoms with Gasteiger partial charge in [0.05, 0.1) is 17.7 Å². The number of benzene rings is 1. The first-order valence-electron chi connectivity index (χ1n) is 5.77. The van der Waals surface area contributed by atoms with Crippen LogP contribution in [0.25, 0.3) is 0 Å². The van der Waals surface area contributed by atoms with Gasteiger partial charge in [-0.3, -0.25) is 14.5 Å². The Morgan fingerprint density at radius 1 is 1.11 bits per heavy atom. The van der Waals surface area contributed by atoms with Crippen LogP contribution >= 0.6 is 0 Å². The third-order valence-electron chi connectivity index (χ3n) is 3.20. The summed E-state index contributed by atoms with van der Waals surface area (Å²) in [5.74, 6) is -1.25. The number of carbonyl (C=O) groups excluding carboxylic acids is 2. The van der Waals surface area contributed by atoms with Crippen LogP contribution in [0.4, 0.5) is 8.78 Å². The zero-order valence-electron chi connectivity index (χ0n) is 10.5. The molecule has 0 radical (unpaired) electrons. The van der Waals surface area contributed by atoms with Gasteiger partial charge in [0.2, 0.25) is 0 Å². The van der Waals surface area contributed by atoms with E-state index < -0.39 is 30.9 Å². The molecule has 0 saturated carbocycles. The molecule has 4 nitrogen and oxygen atoms in total. The second-order valence-corrected chi connectivity index (χ2v) is 4.57. The summed E-state index contributed by atoms with van der Waals surface area (Å²) in [6.07, 6.45) is -5.02. The Kier molecular flexibility index (Phi) is 3.36. The van der Waals surface area contributed by atoms with Crippen LogP contribution in [0.2, 0.25) is 0 Å². The molecular formula is C13H13F2NO3. The number of alkyl halides is 2. The number of nitrogens with zero attached hydrogens (tertiary/aromatic N) is 1. The SMILES string of the molecule is Cc1ccc(C)c2c1C(=O)N(CC(O)C(F)F)C2=O. The molecule has 2 amide bonds. The number of hydrogen-bond donors (Lipinski definition) is 1. The molecule has 0 aliphatic carbocycles. The molecular weight excluding hydrogens is 256 g/mol. The van der Waals surface area contributed by atoms with Crippen molar-refractivity contribution >= 4 is 11.8 Å². The molecule has 1 aromatic carbocycles. The van der Waals surface area contributed by atoms with Gasteiger partial charge in [0.1, 0.15) is 6.10 Å². The van der Waals surface area contributed by atoms with Crippen LogP contribution in [-0.2, 0) is 0 Å². The minimum absolute atomic E-state index is 0.242. The van der Waals surface area contributed by atoms with E-state index in [1.54, 1.807) is 26.0 Å². The molecule has 1 atom stereocenters. The van der Waals surface area contributed by atoms with Gasteiger partial charge >= 0.3 is 0 Å². The van der Waals surface area contributed by atoms with Gasteiger partial charge in [0.15, 0.2) is 0 Å². The van der Waals surface area contributed by atoms with Gasteiger partial charge in [0.25, 0.3) is 18.2 Å². The normalized spacial score (nSPS) is 16.2. The number of halogens is 2. The molecule has 1 aliphatic heterocycles. The van der Waals surface area contributed by atoms with Crippen molar-refractivity contribution in [2.45, 2.75) is 26.4 Å². The Hall–Kier alpha value is -1.82. The fourth-order valence-corrected chi connectivity index (χ4v) is 2.16. The zero-order valence-corrected chi connectivity index (χ0v) is 10.5. The topological polar surface area (TPSA) is 57.6 Å². The van der Waals surface area contributed by atoms with E-state index in [-0.39, 0.29) is 11.1 Å². The third kappa shape index (κ3) is 2.12. The largest absolute Gasteiger partial charge is 0.385 e. The van der Waals surface area contributed by atoms with E-state index in [2.05, 4.69) is 0 Å². The van der Waals surface area contributed by atoms with Crippen LogP contribution < -0.4 is 0 Å². The molecule has 0 bridgehead atoms. The number of hydrogen-bond acceptors (Lipinski definition) is 3. The first-order chi connectivity index (χ1) is 8.84. The number of imide groups is 1. The third-order valence-corrected chi connectivity index (χ3v) is 3.20. The van der Waals surface area contributed by atoms with Gasteiger partial charge in [-0.1, -0.05) is 12.1 Å². The first-order valence-corrected chi connectivity index (χ1v) is 5.77. The quantitative estimate of drug-likeness (QED) is 0.846. The lowest BCUT2D eigenvalue weighted by molar-refractivity contribution is -0.0171. The lowest BCUT2D eigenvalue weighted by Crippen LogP contribution is -2.39. The second kappa shape index (κ2) is 4.70. The minimum Gasteiger partial charge on any atom is -0.385 e. The molecule has 2 rings (SSSR count). The number of β-amino-alcohol motifs (C(OH)–C–C–N with tert-alkyl or cyclic N) is 1. The fourth-order valence-electron chi connectivity index (χ4n) is 2.16. The summed E-state index contributed by atoms with van der Waals surface area (Å²) < 4.78 is 24.6. The molecule has 102 valence electrons. The Bertz CT molecular complexity index is 516. The van der Waals surface area contributed by atoms with E-state index in [0.717, 1.165) is 0 Å². The summed E-state index contributed by atoms with van der Waals surface area (Å²) in [6.45, 7) is 2.66. The highest BCUT2D eigenvalue weighted by atomic mass is 19.3. The number of aliphatic hydroxyl groups is 1. The van der Waals surface area contributed by atoms with Gasteiger partial charge in [-0.15, -0.1) is 0 Å². The standard InChI is InChI=1S/C13H13F2NO3/c1-6-3-4-7(2)10-9(6)12(18)16(13(10)19)5-8(17)11(14)15/h3-4,8,11,17H,5H2,1-2H3. The van der Waals surface area contributed by atoms with Crippen LogP contribution in [0, 0.1) is 13.8 Å². The maximum Gasteiger partial charge on any atom is 0.265 e. The predicted octanol–water partition coefficient (Wildman–Crippen LogP) is 1.53. The Labute approximate surface area is 108 Å². The molecule has 19 heavy (non-hydrogen) atoms. The molecule has 0 saturated heterocycles. The van der Waals surface area contributed by atoms with Crippen molar-refractivity contribution in [3.63, 3.8) is 0 Å². The van der Waals surface area contributed by atoms with E-state index in [4.69, 9.17) is 5.11 Å². The first kappa shape index (κ1) is 13.6. The summed E-state index contributed by atoms with van der Waals surface area (Å²) in [6, 6.07) is 3.40. The van der Waals surface area contributed by atoms with Crippen molar-refractivity contribution in [2.24, 2.45) is 0 Å². The number of amides is 2. The molecule has 0 spiro atoms. The van der Waals surface area contributed by atoms with Crippen LogP contribution in [0.3, 0.4) is 0 Å². The van der Waals surface area contributed by atoms with Crippen LogP contribution in [0.1, 0.15) is 31.8 Å². The van der Waals surface area contributed by atoms with Gasteiger partial charge in [-0.05, 0) is 25.0 Å². The van der Waals surface area contributed by atoms with Crippen molar-refractivity contribution < 1.29 is 23.5 Å². The average Bonchev–Trinajstić information content (AvgIpc) is 2.59. The molecule has 1 N–H and O–H groups in total. The Morgan fingerprint density at radius 3 is 1.89 bits per heavy atom. The number of carbonyl (C=O) groups is 2. The zero-order chi connectivity index (χ0) is 14.3. The summed E-state index contributed by atoms with van der Waals surface area (Å²) in [7, 11) is 0. The minimum atomic E-state index is -2.99. The summed E-state index contributed by atoms with van der Waals surface area (Å²) >= 11 is 0. The molecule has 0 aromatic heterocycles. The highest BCUT2D eigenvalue weighted by molar-refractivity contribution is 6.22. The number of aryl methyl sites for hydroxylation is 2. The van der Waals surface area contributed by atoms with Crippen molar-refractivity contribution in [3.05, 3.63) is 34.4 Å². The lowest BCUT2D eigenvalue weighted by atomic mass is 9.99. The summed E-state index contributed by atoms with van der Waals surface area (Å²) in [5.41, 5.74) is 1.72. The van der Waals surface area contributed by atoms with Gasteiger partial charge in [-0.25, -0.2) is 8.78 Å². The van der Waals surface area contributed by atoms with Crippen molar-refractivity contribution in [3.8, 4) is 0 Å². The predicted molar refractivity (Wildman–Crippen MR) is 63.3 cm³/mol. The average molecular weight is 269 g/mol. The molecule has 1 aliphatic rings. The van der Waals surface area contributed by atoms with Gasteiger partial charge in [0, 0.05) is 0 Å². The Morgan fingerprint density at radius 2 is 1.53 bits per heavy atom. The maximum absolute atomic E-state index is 12.3. The van der Waals surface area contributed by atoms with Gasteiger partial charge < -0.3 is 5.11 Å². The molecule has 1 aromatic rings. The summed E-state index contributed by atoms with van der Waals surface area (Å²) in [5, 5.41) is 9.14. The fraction of sp³-hybridized carbons (Fsp3) is 0.385. The molecule has 0 fully saturated rings. The highest BCUT2D eigenvalue weighted by Crippen LogP contribution is 2.28. The molecule has 6 heteroatoms. The van der Waals surface area contributed by atoms with Crippen molar-refractivity contribution in [1.82, 2.24) is 4.90 Å². The number of rotatable bonds is 3. The van der Waals surface area contributed by atoms with Crippen LogP contribution in [0.5, 0.6) is 0 Å². The van der Waals surface area contributed by atoms with E-state index >= 15 is 0 Å². The molecule has 1 heterocycles.